The van der Waals surface area contributed by atoms with E-state index in [9.17, 15) is 0 Å². The zero-order valence-corrected chi connectivity index (χ0v) is 7.93. The van der Waals surface area contributed by atoms with Crippen molar-refractivity contribution in [2.75, 3.05) is 13.1 Å². The molecule has 1 saturated heterocycles. The predicted molar refractivity (Wildman–Crippen MR) is 49.5 cm³/mol. The van der Waals surface area contributed by atoms with Gasteiger partial charge in [0.2, 0.25) is 0 Å². The smallest absolute Gasteiger partial charge is 0.182 e. The molecule has 0 unspecified atom stereocenters. The zero-order chi connectivity index (χ0) is 8.48. The van der Waals surface area contributed by atoms with Crippen LogP contribution in [0.3, 0.4) is 0 Å². The number of hydrogen-bond donors (Lipinski definition) is 0. The molecule has 0 amide bonds. The maximum Gasteiger partial charge on any atom is 0.182 e. The van der Waals surface area contributed by atoms with E-state index >= 15 is 0 Å². The quantitative estimate of drug-likeness (QED) is 0.477. The molecule has 0 bridgehead atoms. The third-order valence-corrected chi connectivity index (χ3v) is 2.75. The predicted octanol–water partition coefficient (Wildman–Crippen LogP) is 1.83. The summed E-state index contributed by atoms with van der Waals surface area (Å²) < 4.78 is 0. The van der Waals surface area contributed by atoms with Crippen LogP contribution < -0.4 is 0 Å². The lowest BCUT2D eigenvalue weighted by Crippen LogP contribution is -2.36. The summed E-state index contributed by atoms with van der Waals surface area (Å²) in [5.74, 6) is 0.863. The van der Waals surface area contributed by atoms with Crippen LogP contribution in [0.1, 0.15) is 33.6 Å². The second kappa shape index (κ2) is 3.18. The summed E-state index contributed by atoms with van der Waals surface area (Å²) in [6.07, 6.45) is 2.53. The molecule has 62 valence electrons. The number of nitrogens with zero attached hydrogens (tertiary/aromatic N) is 1. The Morgan fingerprint density at radius 3 is 2.00 bits per heavy atom. The largest absolute Gasteiger partial charge is 0.353 e. The van der Waals surface area contributed by atoms with Crippen LogP contribution in [0, 0.1) is 11.3 Å². The molecule has 2 heteroatoms. The first-order valence-corrected chi connectivity index (χ1v) is 4.50. The third kappa shape index (κ3) is 2.51. The Labute approximate surface area is 71.6 Å². The first-order chi connectivity index (χ1) is 5.00. The van der Waals surface area contributed by atoms with Gasteiger partial charge in [0.05, 0.1) is 0 Å². The summed E-state index contributed by atoms with van der Waals surface area (Å²) in [4.78, 5) is 1.93. The Bertz CT molecular complexity index is 120. The summed E-state index contributed by atoms with van der Waals surface area (Å²) in [5, 5.41) is 0. The maximum absolute atomic E-state index is 5.67. The fourth-order valence-corrected chi connectivity index (χ4v) is 1.77. The van der Waals surface area contributed by atoms with Crippen molar-refractivity contribution in [2.24, 2.45) is 11.3 Å². The van der Waals surface area contributed by atoms with Gasteiger partial charge in [0.1, 0.15) is 0 Å². The number of hydrogen-bond acceptors (Lipinski definition) is 1. The van der Waals surface area contributed by atoms with Gasteiger partial charge in [-0.3, -0.25) is 0 Å². The molecular formula is C9H18BN. The number of rotatable bonds is 0. The van der Waals surface area contributed by atoms with E-state index < -0.39 is 0 Å². The molecule has 0 spiro atoms. The molecular weight excluding hydrogens is 133 g/mol. The highest BCUT2D eigenvalue weighted by atomic mass is 15.0. The van der Waals surface area contributed by atoms with E-state index in [0.717, 1.165) is 19.0 Å². The molecule has 11 heavy (non-hydrogen) atoms. The van der Waals surface area contributed by atoms with E-state index in [2.05, 4.69) is 20.8 Å². The van der Waals surface area contributed by atoms with Gasteiger partial charge in [0.15, 0.2) is 7.98 Å². The van der Waals surface area contributed by atoms with E-state index in [-0.39, 0.29) is 0 Å². The van der Waals surface area contributed by atoms with Gasteiger partial charge in [0.25, 0.3) is 0 Å². The lowest BCUT2D eigenvalue weighted by Gasteiger charge is -2.37. The molecule has 0 aromatic rings. The molecule has 1 nitrogen and oxygen atoms in total. The second-order valence-corrected chi connectivity index (χ2v) is 4.68. The standard InChI is InChI=1S/C9H18BN/c1-9(2,3)8-4-6-11(10)7-5-8/h8H,4-7H2,1-3H3. The highest BCUT2D eigenvalue weighted by molar-refractivity contribution is 6.04. The molecule has 1 aliphatic heterocycles. The highest BCUT2D eigenvalue weighted by Gasteiger charge is 2.26. The summed E-state index contributed by atoms with van der Waals surface area (Å²) in [7, 11) is 5.67. The molecule has 0 saturated carbocycles. The lowest BCUT2D eigenvalue weighted by molar-refractivity contribution is 0.156. The van der Waals surface area contributed by atoms with Crippen LogP contribution in [0.5, 0.6) is 0 Å². The van der Waals surface area contributed by atoms with Crippen LogP contribution >= 0.6 is 0 Å². The Kier molecular flexibility index (Phi) is 2.63. The molecule has 1 fully saturated rings. The van der Waals surface area contributed by atoms with Crippen molar-refractivity contribution in [2.45, 2.75) is 33.6 Å². The van der Waals surface area contributed by atoms with Crippen molar-refractivity contribution in [3.8, 4) is 0 Å². The first-order valence-electron chi connectivity index (χ1n) is 4.50. The monoisotopic (exact) mass is 151 g/mol. The van der Waals surface area contributed by atoms with Gasteiger partial charge in [-0.05, 0) is 37.3 Å². The van der Waals surface area contributed by atoms with Gasteiger partial charge in [-0.15, -0.1) is 0 Å². The molecule has 1 aliphatic rings. The van der Waals surface area contributed by atoms with E-state index in [1.165, 1.54) is 12.8 Å². The van der Waals surface area contributed by atoms with Gasteiger partial charge in [-0.25, -0.2) is 0 Å². The molecule has 0 N–H and O–H groups in total. The van der Waals surface area contributed by atoms with E-state index in [1.54, 1.807) is 0 Å². The van der Waals surface area contributed by atoms with Crippen molar-refractivity contribution in [1.82, 2.24) is 4.81 Å². The molecule has 1 rings (SSSR count). The van der Waals surface area contributed by atoms with Gasteiger partial charge >= 0.3 is 0 Å². The molecule has 0 aliphatic carbocycles. The summed E-state index contributed by atoms with van der Waals surface area (Å²) in [6.45, 7) is 9.11. The second-order valence-electron chi connectivity index (χ2n) is 4.68. The van der Waals surface area contributed by atoms with Crippen LogP contribution in [0.15, 0.2) is 0 Å². The highest BCUT2D eigenvalue weighted by Crippen LogP contribution is 2.33. The minimum absolute atomic E-state index is 0.473. The Hall–Kier alpha value is 0.0249. The molecule has 1 heterocycles. The Morgan fingerprint density at radius 1 is 1.18 bits per heavy atom. The van der Waals surface area contributed by atoms with Crippen molar-refractivity contribution >= 4 is 7.98 Å². The molecule has 0 aromatic carbocycles. The normalized spacial score (nSPS) is 23.9. The van der Waals surface area contributed by atoms with Crippen molar-refractivity contribution in [3.63, 3.8) is 0 Å². The molecule has 2 radical (unpaired) electrons. The van der Waals surface area contributed by atoms with Crippen LogP contribution in [0.2, 0.25) is 0 Å². The summed E-state index contributed by atoms with van der Waals surface area (Å²) in [6, 6.07) is 0. The minimum Gasteiger partial charge on any atom is -0.353 e. The van der Waals surface area contributed by atoms with Crippen LogP contribution in [0.4, 0.5) is 0 Å². The minimum atomic E-state index is 0.473. The Balaban J connectivity index is 2.39. The van der Waals surface area contributed by atoms with Gasteiger partial charge in [0, 0.05) is 0 Å². The summed E-state index contributed by atoms with van der Waals surface area (Å²) in [5.41, 5.74) is 0.473. The number of piperidine rings is 1. The molecule has 0 atom stereocenters. The van der Waals surface area contributed by atoms with Crippen molar-refractivity contribution in [1.29, 1.82) is 0 Å². The van der Waals surface area contributed by atoms with E-state index in [4.69, 9.17) is 7.98 Å². The van der Waals surface area contributed by atoms with Crippen LogP contribution in [-0.4, -0.2) is 25.9 Å². The van der Waals surface area contributed by atoms with Crippen LogP contribution in [-0.2, 0) is 0 Å². The Morgan fingerprint density at radius 2 is 1.64 bits per heavy atom. The summed E-state index contributed by atoms with van der Waals surface area (Å²) >= 11 is 0. The lowest BCUT2D eigenvalue weighted by atomic mass is 9.75. The zero-order valence-electron chi connectivity index (χ0n) is 7.93. The van der Waals surface area contributed by atoms with Crippen LogP contribution in [0.25, 0.3) is 0 Å². The fourth-order valence-electron chi connectivity index (χ4n) is 1.77. The first kappa shape index (κ1) is 9.12. The topological polar surface area (TPSA) is 3.24 Å². The third-order valence-electron chi connectivity index (χ3n) is 2.75. The molecule has 0 aromatic heterocycles. The van der Waals surface area contributed by atoms with Crippen molar-refractivity contribution in [3.05, 3.63) is 0 Å². The van der Waals surface area contributed by atoms with Gasteiger partial charge in [-0.1, -0.05) is 20.8 Å². The van der Waals surface area contributed by atoms with Crippen molar-refractivity contribution < 1.29 is 0 Å². The van der Waals surface area contributed by atoms with Gasteiger partial charge in [-0.2, -0.15) is 0 Å². The van der Waals surface area contributed by atoms with E-state index in [1.807, 2.05) is 4.81 Å². The SMILES string of the molecule is [B]N1CCC(C(C)(C)C)CC1. The average molecular weight is 151 g/mol. The fraction of sp³-hybridized carbons (Fsp3) is 1.00. The average Bonchev–Trinajstić information content (AvgIpc) is 1.86. The van der Waals surface area contributed by atoms with Gasteiger partial charge < -0.3 is 4.81 Å². The van der Waals surface area contributed by atoms with E-state index in [0.29, 0.717) is 5.41 Å². The maximum atomic E-state index is 5.67.